The first kappa shape index (κ1) is 33.2. The van der Waals surface area contributed by atoms with Gasteiger partial charge in [-0.25, -0.2) is 0 Å². The number of aryl methyl sites for hydroxylation is 2. The van der Waals surface area contributed by atoms with Crippen LogP contribution in [0, 0.1) is 25.2 Å². The molecule has 4 rings (SSSR count). The lowest BCUT2D eigenvalue weighted by Crippen LogP contribution is -2.62. The Hall–Kier alpha value is -2.73. The van der Waals surface area contributed by atoms with Crippen LogP contribution < -0.4 is 10.1 Å². The molecule has 0 spiro atoms. The van der Waals surface area contributed by atoms with Crippen molar-refractivity contribution < 1.29 is 14.3 Å². The quantitative estimate of drug-likeness (QED) is 0.249. The van der Waals surface area contributed by atoms with Crippen LogP contribution in [0.25, 0.3) is 0 Å². The molecule has 1 N–H and O–H groups in total. The van der Waals surface area contributed by atoms with Crippen LogP contribution in [0.3, 0.4) is 0 Å². The monoisotopic (exact) mass is 642 g/mol. The third kappa shape index (κ3) is 7.50. The summed E-state index contributed by atoms with van der Waals surface area (Å²) in [6, 6.07) is 18.7. The molecule has 1 aliphatic rings. The van der Waals surface area contributed by atoms with Crippen LogP contribution in [0.4, 0.5) is 5.69 Å². The van der Waals surface area contributed by atoms with Gasteiger partial charge in [-0.05, 0) is 80.5 Å². The minimum Gasteiger partial charge on any atom is -0.479 e. The number of hydrogen-bond acceptors (Lipinski definition) is 3. The average molecular weight is 644 g/mol. The van der Waals surface area contributed by atoms with E-state index in [1.165, 1.54) is 12.1 Å². The zero-order valence-electron chi connectivity index (χ0n) is 25.8. The topological polar surface area (TPSA) is 58.6 Å². The second-order valence-corrected chi connectivity index (χ2v) is 14.0. The third-order valence-electron chi connectivity index (χ3n) is 8.77. The molecule has 8 heteroatoms. The lowest BCUT2D eigenvalue weighted by atomic mass is 9.66. The van der Waals surface area contributed by atoms with Crippen LogP contribution in [0.15, 0.2) is 60.7 Å². The van der Waals surface area contributed by atoms with Crippen molar-refractivity contribution in [3.05, 3.63) is 92.4 Å². The Balaban J connectivity index is 1.77. The molecule has 43 heavy (non-hydrogen) atoms. The summed E-state index contributed by atoms with van der Waals surface area (Å²) in [5.74, 6) is 0.186. The molecule has 1 saturated carbocycles. The summed E-state index contributed by atoms with van der Waals surface area (Å²) in [6.07, 6.45) is 1.74. The first-order chi connectivity index (χ1) is 20.2. The molecule has 0 aromatic heterocycles. The van der Waals surface area contributed by atoms with Crippen LogP contribution in [-0.4, -0.2) is 28.4 Å². The molecule has 1 aliphatic carbocycles. The maximum absolute atomic E-state index is 14.6. The second-order valence-electron chi connectivity index (χ2n) is 12.8. The van der Waals surface area contributed by atoms with Gasteiger partial charge in [0.25, 0.3) is 5.91 Å². The Kier molecular flexibility index (Phi) is 10.4. The van der Waals surface area contributed by atoms with E-state index in [0.717, 1.165) is 35.2 Å². The number of amides is 2. The number of para-hydroxylation sites is 1. The van der Waals surface area contributed by atoms with Crippen molar-refractivity contribution in [2.24, 2.45) is 11.3 Å². The van der Waals surface area contributed by atoms with E-state index < -0.39 is 11.6 Å². The highest BCUT2D eigenvalue weighted by Crippen LogP contribution is 2.45. The number of benzene rings is 3. The molecule has 0 aliphatic heterocycles. The molecule has 0 bridgehead atoms. The highest BCUT2D eigenvalue weighted by atomic mass is 35.5. The molecular formula is C35H41Cl3N2O3. The molecule has 3 aromatic rings. The van der Waals surface area contributed by atoms with Crippen LogP contribution >= 0.6 is 34.8 Å². The van der Waals surface area contributed by atoms with Gasteiger partial charge in [0.1, 0.15) is 11.3 Å². The van der Waals surface area contributed by atoms with Gasteiger partial charge in [0.15, 0.2) is 6.10 Å². The van der Waals surface area contributed by atoms with Gasteiger partial charge in [-0.1, -0.05) is 104 Å². The Labute approximate surface area is 270 Å². The predicted octanol–water partition coefficient (Wildman–Crippen LogP) is 9.67. The zero-order valence-corrected chi connectivity index (χ0v) is 28.0. The normalized spacial score (nSPS) is 19.4. The fourth-order valence-electron chi connectivity index (χ4n) is 6.08. The Bertz CT molecular complexity index is 1440. The number of carbonyl (C=O) groups is 2. The highest BCUT2D eigenvalue weighted by Gasteiger charge is 2.51. The van der Waals surface area contributed by atoms with Gasteiger partial charge in [0.05, 0.1) is 15.1 Å². The van der Waals surface area contributed by atoms with Crippen molar-refractivity contribution in [1.82, 2.24) is 4.90 Å². The number of anilines is 1. The number of hydrogen-bond donors (Lipinski definition) is 1. The lowest BCUT2D eigenvalue weighted by molar-refractivity contribution is -0.155. The molecular weight excluding hydrogens is 603 g/mol. The SMILES string of the molecule is Cc1cccc(C)c1NC(=O)C1(N(Cc2ccccc2)C(=O)C(C)Oc2cc(Cl)c(Cl)cc2Cl)CCC(C(C)(C)C)CC1. The van der Waals surface area contributed by atoms with Gasteiger partial charge in [-0.2, -0.15) is 0 Å². The summed E-state index contributed by atoms with van der Waals surface area (Å²) < 4.78 is 6.11. The van der Waals surface area contributed by atoms with Gasteiger partial charge in [0.2, 0.25) is 5.91 Å². The summed E-state index contributed by atoms with van der Waals surface area (Å²) in [4.78, 5) is 30.8. The highest BCUT2D eigenvalue weighted by molar-refractivity contribution is 6.43. The first-order valence-electron chi connectivity index (χ1n) is 14.8. The number of nitrogens with zero attached hydrogens (tertiary/aromatic N) is 1. The molecule has 1 unspecified atom stereocenters. The molecule has 0 radical (unpaired) electrons. The molecule has 1 atom stereocenters. The van der Waals surface area contributed by atoms with Gasteiger partial charge >= 0.3 is 0 Å². The smallest absolute Gasteiger partial charge is 0.264 e. The minimum atomic E-state index is -1.09. The Morgan fingerprint density at radius 2 is 1.51 bits per heavy atom. The fraction of sp³-hybridized carbons (Fsp3) is 0.429. The first-order valence-corrected chi connectivity index (χ1v) is 15.9. The van der Waals surface area contributed by atoms with Crippen molar-refractivity contribution in [2.45, 2.75) is 85.4 Å². The van der Waals surface area contributed by atoms with E-state index in [1.807, 2.05) is 62.4 Å². The standard InChI is InChI=1S/C35H41Cl3N2O3/c1-22-11-10-12-23(2)31(22)39-33(42)35(17-15-26(16-18-35)34(4,5)6)40(21-25-13-8-7-9-14-25)32(41)24(3)43-30-20-28(37)27(36)19-29(30)38/h7-14,19-20,24,26H,15-18,21H2,1-6H3,(H,39,42). The molecule has 230 valence electrons. The largest absolute Gasteiger partial charge is 0.479 e. The number of carbonyl (C=O) groups excluding carboxylic acids is 2. The number of ether oxygens (including phenoxy) is 1. The Morgan fingerprint density at radius 3 is 2.09 bits per heavy atom. The maximum atomic E-state index is 14.6. The second kappa shape index (κ2) is 13.5. The molecule has 3 aromatic carbocycles. The molecule has 0 saturated heterocycles. The van der Waals surface area contributed by atoms with E-state index in [-0.39, 0.29) is 39.6 Å². The Morgan fingerprint density at radius 1 is 0.930 bits per heavy atom. The van der Waals surface area contributed by atoms with E-state index in [4.69, 9.17) is 39.5 Å². The van der Waals surface area contributed by atoms with Crippen molar-refractivity contribution in [3.8, 4) is 5.75 Å². The summed E-state index contributed by atoms with van der Waals surface area (Å²) in [5.41, 5.74) is 2.64. The number of halogens is 3. The summed E-state index contributed by atoms with van der Waals surface area (Å²) in [6.45, 7) is 12.6. The van der Waals surface area contributed by atoms with Crippen molar-refractivity contribution in [2.75, 3.05) is 5.32 Å². The van der Waals surface area contributed by atoms with E-state index >= 15 is 0 Å². The number of rotatable bonds is 8. The molecule has 0 heterocycles. The maximum Gasteiger partial charge on any atom is 0.264 e. The van der Waals surface area contributed by atoms with E-state index in [0.29, 0.717) is 23.8 Å². The molecule has 5 nitrogen and oxygen atoms in total. The van der Waals surface area contributed by atoms with Crippen LogP contribution in [-0.2, 0) is 16.1 Å². The average Bonchev–Trinajstić information content (AvgIpc) is 2.96. The summed E-state index contributed by atoms with van der Waals surface area (Å²) >= 11 is 18.8. The lowest BCUT2D eigenvalue weighted by Gasteiger charge is -2.49. The van der Waals surface area contributed by atoms with E-state index in [1.54, 1.807) is 11.8 Å². The van der Waals surface area contributed by atoms with E-state index in [9.17, 15) is 9.59 Å². The van der Waals surface area contributed by atoms with Crippen molar-refractivity contribution in [3.63, 3.8) is 0 Å². The zero-order chi connectivity index (χ0) is 31.5. The summed E-state index contributed by atoms with van der Waals surface area (Å²) in [5, 5.41) is 4.06. The molecule has 1 fully saturated rings. The van der Waals surface area contributed by atoms with Gasteiger partial charge in [-0.15, -0.1) is 0 Å². The van der Waals surface area contributed by atoms with Crippen molar-refractivity contribution in [1.29, 1.82) is 0 Å². The van der Waals surface area contributed by atoms with Gasteiger partial charge in [0, 0.05) is 18.3 Å². The van der Waals surface area contributed by atoms with Crippen molar-refractivity contribution >= 4 is 52.3 Å². The minimum absolute atomic E-state index is 0.0878. The van der Waals surface area contributed by atoms with Crippen LogP contribution in [0.2, 0.25) is 15.1 Å². The molecule has 2 amide bonds. The third-order valence-corrected chi connectivity index (χ3v) is 9.79. The predicted molar refractivity (Wildman–Crippen MR) is 177 cm³/mol. The van der Waals surface area contributed by atoms with Crippen LogP contribution in [0.5, 0.6) is 5.75 Å². The summed E-state index contributed by atoms with van der Waals surface area (Å²) in [7, 11) is 0. The van der Waals surface area contributed by atoms with Crippen LogP contribution in [0.1, 0.15) is 70.1 Å². The fourth-order valence-corrected chi connectivity index (χ4v) is 6.66. The van der Waals surface area contributed by atoms with Gasteiger partial charge < -0.3 is 15.0 Å². The van der Waals surface area contributed by atoms with E-state index in [2.05, 4.69) is 26.1 Å². The number of nitrogens with one attached hydrogen (secondary N) is 1. The van der Waals surface area contributed by atoms with Gasteiger partial charge in [-0.3, -0.25) is 9.59 Å².